The van der Waals surface area contributed by atoms with E-state index in [1.807, 2.05) is 0 Å². The van der Waals surface area contributed by atoms with Crippen LogP contribution in [-0.4, -0.2) is 14.5 Å². The van der Waals surface area contributed by atoms with Crippen LogP contribution in [-0.2, 0) is 5.41 Å². The molecule has 1 aliphatic heterocycles. The Labute approximate surface area is 317 Å². The monoisotopic (exact) mass is 660 g/mol. The topological polar surface area (TPSA) is 43.9 Å². The van der Waals surface area contributed by atoms with Gasteiger partial charge in [-0.25, -0.2) is 9.97 Å². The molecule has 11 rings (SSSR count). The van der Waals surface area contributed by atoms with Gasteiger partial charge in [0.05, 0.1) is 61.4 Å². The van der Waals surface area contributed by atoms with E-state index in [4.69, 9.17) is 34.6 Å². The van der Waals surface area contributed by atoms with Gasteiger partial charge >= 0.3 is 0 Å². The second-order valence-electron chi connectivity index (χ2n) is 10.9. The third-order valence-electron chi connectivity index (χ3n) is 8.33. The molecule has 0 bridgehead atoms. The van der Waals surface area contributed by atoms with Gasteiger partial charge in [-0.15, -0.1) is 11.3 Å². The molecule has 0 radical (unpaired) electrons. The number of rotatable bonds is 2. The minimum atomic E-state index is -3.92. The fourth-order valence-corrected chi connectivity index (χ4v) is 7.40. The Hall–Kier alpha value is -5.78. The first-order valence-corrected chi connectivity index (χ1v) is 14.9. The zero-order valence-corrected chi connectivity index (χ0v) is 24.5. The van der Waals surface area contributed by atoms with Crippen molar-refractivity contribution in [2.45, 2.75) is 19.1 Å². The van der Waals surface area contributed by atoms with Gasteiger partial charge in [0.1, 0.15) is 11.2 Å². The Bertz CT molecular complexity index is 4400. The molecule has 6 aromatic carbocycles. The van der Waals surface area contributed by atoms with Crippen molar-refractivity contribution in [2.24, 2.45) is 0 Å². The summed E-state index contributed by atoms with van der Waals surface area (Å²) < 4.78 is 250. The zero-order valence-electron chi connectivity index (χ0n) is 50.7. The third-order valence-corrected chi connectivity index (χ3v) is 9.45. The van der Waals surface area contributed by atoms with E-state index in [0.717, 1.165) is 4.57 Å². The first kappa shape index (κ1) is 11.4. The molecule has 226 valence electrons. The van der Waals surface area contributed by atoms with E-state index in [1.54, 1.807) is 0 Å². The summed E-state index contributed by atoms with van der Waals surface area (Å²) >= 11 is 0.671. The summed E-state index contributed by atoms with van der Waals surface area (Å²) in [4.78, 5) is 8.90. The smallest absolute Gasteiger partial charge is 0.160 e. The van der Waals surface area contributed by atoms with Gasteiger partial charge in [-0.1, -0.05) is 98.3 Å². The molecule has 0 unspecified atom stereocenters. The maximum absolute atomic E-state index is 10.1. The maximum atomic E-state index is 10.1. The summed E-state index contributed by atoms with van der Waals surface area (Å²) in [6, 6.07) is -18.2. The Morgan fingerprint density at radius 2 is 1.46 bits per heavy atom. The summed E-state index contributed by atoms with van der Waals surface area (Å²) in [7, 11) is 0. The van der Waals surface area contributed by atoms with Crippen LogP contribution in [0.5, 0.6) is 0 Å². The van der Waals surface area contributed by atoms with Crippen LogP contribution >= 0.6 is 11.3 Å². The van der Waals surface area contributed by atoms with E-state index in [1.165, 1.54) is 0 Å². The van der Waals surface area contributed by atoms with Crippen molar-refractivity contribution >= 4 is 75.4 Å². The normalized spacial score (nSPS) is 22.3. The van der Waals surface area contributed by atoms with Crippen molar-refractivity contribution in [2.75, 3.05) is 0 Å². The van der Waals surface area contributed by atoms with Crippen LogP contribution < -0.4 is 0 Å². The van der Waals surface area contributed by atoms with Gasteiger partial charge in [0.2, 0.25) is 0 Å². The molecule has 0 atom stereocenters. The number of furan rings is 1. The van der Waals surface area contributed by atoms with Gasteiger partial charge in [0.25, 0.3) is 0 Å². The molecule has 0 spiro atoms. The molecule has 4 aromatic heterocycles. The highest BCUT2D eigenvalue weighted by atomic mass is 32.1. The number of para-hydroxylation sites is 4. The summed E-state index contributed by atoms with van der Waals surface area (Å²) in [5.74, 6) is -0.967. The van der Waals surface area contributed by atoms with Crippen LogP contribution in [0.3, 0.4) is 0 Å². The molecule has 0 N–H and O–H groups in total. The lowest BCUT2D eigenvalue weighted by Crippen LogP contribution is -2.26. The van der Waals surface area contributed by atoms with Gasteiger partial charge in [-0.3, -0.25) is 0 Å². The highest BCUT2D eigenvalue weighted by Gasteiger charge is 2.36. The molecule has 48 heavy (non-hydrogen) atoms. The van der Waals surface area contributed by atoms with Gasteiger partial charge in [-0.2, -0.15) is 0 Å². The van der Waals surface area contributed by atoms with Crippen LogP contribution in [0.1, 0.15) is 61.8 Å². The standard InChI is InChI=1S/C43H27N3OS/c1-43(2)31-17-10-16-30-38(31)46(39-28-13-5-8-20-36(28)48-41(30)39)34-22-21-24(23-32(34)43)42-44-33-18-6-3-12-27(33)37(45-42)29-15-9-14-26-25-11-4-7-19-35(25)47-40(26)29/h3-23H,1-2H3/i1D3,2D3,3D,4D,5D,6D,7D,8D,9D,10D,11D,12D,13D,14D,15D,16D,17D,18D,19D,20D,21D,22D,23D. The highest BCUT2D eigenvalue weighted by Crippen LogP contribution is 2.51. The van der Waals surface area contributed by atoms with Crippen molar-refractivity contribution in [3.8, 4) is 28.3 Å². The predicted octanol–water partition coefficient (Wildman–Crippen LogP) is 11.8. The fourth-order valence-electron chi connectivity index (χ4n) is 6.30. The number of hydrogen-bond donors (Lipinski definition) is 0. The van der Waals surface area contributed by atoms with Gasteiger partial charge < -0.3 is 8.98 Å². The molecule has 0 saturated carbocycles. The van der Waals surface area contributed by atoms with Crippen LogP contribution in [0.15, 0.2) is 131 Å². The number of thiophene rings is 1. The zero-order chi connectivity index (χ0) is 55.0. The van der Waals surface area contributed by atoms with Crippen molar-refractivity contribution in [1.29, 1.82) is 0 Å². The first-order valence-electron chi connectivity index (χ1n) is 27.6. The highest BCUT2D eigenvalue weighted by molar-refractivity contribution is 7.26. The van der Waals surface area contributed by atoms with Crippen LogP contribution in [0.25, 0.3) is 92.4 Å². The average molecular weight is 661 g/mol. The Morgan fingerprint density at radius 3 is 2.38 bits per heavy atom. The van der Waals surface area contributed by atoms with Crippen molar-refractivity contribution in [3.63, 3.8) is 0 Å². The van der Waals surface area contributed by atoms with Gasteiger partial charge in [0.15, 0.2) is 5.82 Å². The maximum Gasteiger partial charge on any atom is 0.160 e. The molecule has 0 amide bonds. The van der Waals surface area contributed by atoms with E-state index in [0.29, 0.717) is 11.3 Å². The number of benzene rings is 6. The average Bonchev–Trinajstić information content (AvgIpc) is 4.21. The summed E-state index contributed by atoms with van der Waals surface area (Å²) in [6.45, 7) is -7.84. The third kappa shape index (κ3) is 3.33. The summed E-state index contributed by atoms with van der Waals surface area (Å²) in [5, 5.41) is -2.14. The van der Waals surface area contributed by atoms with E-state index < -0.39 is 224 Å². The van der Waals surface area contributed by atoms with Crippen LogP contribution in [0, 0.1) is 0 Å². The molecule has 5 heterocycles. The molecular formula is C43H27N3OS. The number of nitrogens with zero attached hydrogens (tertiary/aromatic N) is 3. The lowest BCUT2D eigenvalue weighted by Gasteiger charge is -2.35. The van der Waals surface area contributed by atoms with Crippen molar-refractivity contribution in [3.05, 3.63) is 138 Å². The minimum Gasteiger partial charge on any atom is -0.455 e. The first-order chi connectivity index (χ1) is 34.8. The van der Waals surface area contributed by atoms with Crippen LogP contribution in [0.2, 0.25) is 0 Å². The molecule has 0 saturated heterocycles. The Balaban J connectivity index is 1.39. The number of fused-ring (bicyclic) bond motifs is 11. The Morgan fingerprint density at radius 1 is 0.688 bits per heavy atom. The van der Waals surface area contributed by atoms with Crippen molar-refractivity contribution < 1.29 is 41.4 Å². The summed E-state index contributed by atoms with van der Waals surface area (Å²) in [5.41, 5.74) is -11.7. The fraction of sp³-hybridized carbons (Fsp3) is 0.0698. The van der Waals surface area contributed by atoms with E-state index in [2.05, 4.69) is 9.97 Å². The molecule has 10 aromatic rings. The van der Waals surface area contributed by atoms with Crippen molar-refractivity contribution in [1.82, 2.24) is 14.5 Å². The molecule has 0 fully saturated rings. The lowest BCUT2D eigenvalue weighted by atomic mass is 9.74. The molecule has 0 aliphatic carbocycles. The lowest BCUT2D eigenvalue weighted by molar-refractivity contribution is 0.630. The number of aromatic nitrogens is 3. The quantitative estimate of drug-likeness (QED) is 0.185. The Kier molecular flexibility index (Phi) is 2.19. The minimum absolute atomic E-state index is 0.119. The molecular weight excluding hydrogens is 607 g/mol. The largest absolute Gasteiger partial charge is 0.455 e. The van der Waals surface area contributed by atoms with Gasteiger partial charge in [0, 0.05) is 56.4 Å². The number of hydrogen-bond acceptors (Lipinski definition) is 4. The van der Waals surface area contributed by atoms with E-state index in [9.17, 15) is 6.85 Å². The second-order valence-corrected chi connectivity index (χ2v) is 11.9. The SMILES string of the molecule is [2H]c1c([2H])c2c(c([2H])c1-c1nc(-c3c([2H])c([2H])c([2H])c4c3oc3c([2H])c([2H])c([2H])c([2H])c34)c3c([2H])c([2H])c([2H])c([2H])c3n1)C(C([2H])([2H])[2H])(C([2H])([2H])[2H])c1c([2H])c([2H])c([2H])c3c4sc5c([2H])c([2H])c([2H])c([2H])c5c4n-2c13. The van der Waals surface area contributed by atoms with E-state index >= 15 is 0 Å². The molecule has 5 heteroatoms. The van der Waals surface area contributed by atoms with E-state index in [-0.39, 0.29) is 25.7 Å². The van der Waals surface area contributed by atoms with Gasteiger partial charge in [-0.05, 0) is 53.4 Å². The van der Waals surface area contributed by atoms with Crippen LogP contribution in [0.4, 0.5) is 0 Å². The second kappa shape index (κ2) is 9.18. The predicted molar refractivity (Wildman–Crippen MR) is 200 cm³/mol. The summed E-state index contributed by atoms with van der Waals surface area (Å²) in [6.07, 6.45) is 0. The molecule has 1 aliphatic rings. The molecule has 4 nitrogen and oxygen atoms in total.